The highest BCUT2D eigenvalue weighted by atomic mass is 32.2. The highest BCUT2D eigenvalue weighted by molar-refractivity contribution is 7.99. The maximum atomic E-state index is 13.6. The number of unbranched alkanes of at least 4 members (excludes halogenated alkanes) is 7. The van der Waals surface area contributed by atoms with E-state index in [1.807, 2.05) is 53.4 Å². The molecule has 1 unspecified atom stereocenters. The summed E-state index contributed by atoms with van der Waals surface area (Å²) >= 11 is 1.66. The van der Waals surface area contributed by atoms with Crippen LogP contribution in [0.3, 0.4) is 0 Å². The Morgan fingerprint density at radius 2 is 1.49 bits per heavy atom. The summed E-state index contributed by atoms with van der Waals surface area (Å²) < 4.78 is 0. The van der Waals surface area contributed by atoms with Gasteiger partial charge < -0.3 is 14.9 Å². The van der Waals surface area contributed by atoms with Gasteiger partial charge in [0.25, 0.3) is 5.91 Å². The fourth-order valence-electron chi connectivity index (χ4n) is 4.81. The lowest BCUT2D eigenvalue weighted by Crippen LogP contribution is -2.48. The molecule has 200 valence electrons. The van der Waals surface area contributed by atoms with Crippen LogP contribution in [-0.2, 0) is 9.59 Å². The van der Waals surface area contributed by atoms with Crippen LogP contribution in [-0.4, -0.2) is 57.6 Å². The van der Waals surface area contributed by atoms with Gasteiger partial charge in [-0.05, 0) is 24.1 Å². The van der Waals surface area contributed by atoms with Crippen LogP contribution in [0.5, 0.6) is 0 Å². The van der Waals surface area contributed by atoms with E-state index in [0.717, 1.165) is 24.8 Å². The Bertz CT molecular complexity index is 986. The fraction of sp³-hybridized carbons (Fsp3) is 0.500. The number of hydrogen-bond acceptors (Lipinski definition) is 4. The van der Waals surface area contributed by atoms with Gasteiger partial charge in [-0.15, -0.1) is 11.8 Å². The third kappa shape index (κ3) is 8.92. The van der Waals surface area contributed by atoms with E-state index in [1.54, 1.807) is 23.9 Å². The first kappa shape index (κ1) is 28.8. The van der Waals surface area contributed by atoms with E-state index in [4.69, 9.17) is 0 Å². The molecule has 0 aliphatic carbocycles. The summed E-state index contributed by atoms with van der Waals surface area (Å²) in [6, 6.07) is 18.8. The number of benzene rings is 2. The average molecular weight is 525 g/mol. The van der Waals surface area contributed by atoms with Crippen LogP contribution in [0.15, 0.2) is 60.7 Å². The minimum atomic E-state index is -1.03. The van der Waals surface area contributed by atoms with Crippen molar-refractivity contribution in [2.45, 2.75) is 76.1 Å². The predicted molar refractivity (Wildman–Crippen MR) is 149 cm³/mol. The molecule has 2 aromatic rings. The van der Waals surface area contributed by atoms with Crippen LogP contribution in [0, 0.1) is 0 Å². The molecule has 1 aliphatic rings. The zero-order chi connectivity index (χ0) is 26.5. The lowest BCUT2D eigenvalue weighted by atomic mass is 10.1. The van der Waals surface area contributed by atoms with Crippen LogP contribution in [0.4, 0.5) is 0 Å². The summed E-state index contributed by atoms with van der Waals surface area (Å²) in [5.74, 6) is -0.640. The number of thioether (sulfide) groups is 1. The number of rotatable bonds is 15. The summed E-state index contributed by atoms with van der Waals surface area (Å²) in [6.07, 6.45) is 9.39. The molecule has 3 rings (SSSR count). The van der Waals surface area contributed by atoms with Gasteiger partial charge in [-0.2, -0.15) is 0 Å². The second kappa shape index (κ2) is 15.5. The molecule has 37 heavy (non-hydrogen) atoms. The van der Waals surface area contributed by atoms with E-state index in [2.05, 4.69) is 6.92 Å². The molecule has 6 nitrogen and oxygen atoms in total. The van der Waals surface area contributed by atoms with Gasteiger partial charge in [0.1, 0.15) is 11.9 Å². The quantitative estimate of drug-likeness (QED) is 0.273. The molecule has 2 amide bonds. The molecule has 0 bridgehead atoms. The third-order valence-electron chi connectivity index (χ3n) is 6.79. The van der Waals surface area contributed by atoms with Crippen LogP contribution in [0.1, 0.15) is 86.0 Å². The highest BCUT2D eigenvalue weighted by Gasteiger charge is 2.40. The van der Waals surface area contributed by atoms with Crippen molar-refractivity contribution >= 4 is 29.5 Å². The topological polar surface area (TPSA) is 77.9 Å². The SMILES string of the molecule is CCCCCCCCCCC(=O)N(CC(=O)O)C[C@@H]1CSC(c2ccccc2)N1C(=O)c1ccccc1. The van der Waals surface area contributed by atoms with Crippen LogP contribution < -0.4 is 0 Å². The zero-order valence-corrected chi connectivity index (χ0v) is 22.7. The van der Waals surface area contributed by atoms with Crippen molar-refractivity contribution in [1.82, 2.24) is 9.80 Å². The Morgan fingerprint density at radius 3 is 2.11 bits per heavy atom. The van der Waals surface area contributed by atoms with E-state index in [1.165, 1.54) is 37.0 Å². The molecule has 1 aliphatic heterocycles. The number of carbonyl (C=O) groups is 3. The highest BCUT2D eigenvalue weighted by Crippen LogP contribution is 2.42. The van der Waals surface area contributed by atoms with Gasteiger partial charge >= 0.3 is 5.97 Å². The molecule has 7 heteroatoms. The van der Waals surface area contributed by atoms with Gasteiger partial charge in [-0.25, -0.2) is 0 Å². The van der Waals surface area contributed by atoms with Crippen molar-refractivity contribution in [2.24, 2.45) is 0 Å². The Hall–Kier alpha value is -2.80. The molecule has 2 atom stereocenters. The van der Waals surface area contributed by atoms with Gasteiger partial charge in [-0.3, -0.25) is 14.4 Å². The van der Waals surface area contributed by atoms with Crippen LogP contribution in [0.25, 0.3) is 0 Å². The summed E-state index contributed by atoms with van der Waals surface area (Å²) in [5.41, 5.74) is 1.61. The van der Waals surface area contributed by atoms with Gasteiger partial charge in [-0.1, -0.05) is 100 Å². The third-order valence-corrected chi connectivity index (χ3v) is 8.18. The van der Waals surface area contributed by atoms with Crippen molar-refractivity contribution < 1.29 is 19.5 Å². The van der Waals surface area contributed by atoms with E-state index in [9.17, 15) is 19.5 Å². The first-order valence-electron chi connectivity index (χ1n) is 13.5. The molecule has 1 saturated heterocycles. The number of carboxylic acid groups (broad SMARTS) is 1. The van der Waals surface area contributed by atoms with E-state index in [0.29, 0.717) is 17.7 Å². The molecular formula is C30H40N2O4S. The van der Waals surface area contributed by atoms with Gasteiger partial charge in [0.2, 0.25) is 5.91 Å². The Kier molecular flexibility index (Phi) is 12.0. The summed E-state index contributed by atoms with van der Waals surface area (Å²) in [5, 5.41) is 9.34. The number of nitrogens with zero attached hydrogens (tertiary/aromatic N) is 2. The van der Waals surface area contributed by atoms with Crippen molar-refractivity contribution in [3.05, 3.63) is 71.8 Å². The number of carbonyl (C=O) groups excluding carboxylic acids is 2. The molecule has 0 radical (unpaired) electrons. The fourth-order valence-corrected chi connectivity index (χ4v) is 6.26. The van der Waals surface area contributed by atoms with Crippen molar-refractivity contribution in [3.63, 3.8) is 0 Å². The lowest BCUT2D eigenvalue weighted by Gasteiger charge is -2.33. The van der Waals surface area contributed by atoms with Crippen molar-refractivity contribution in [2.75, 3.05) is 18.8 Å². The van der Waals surface area contributed by atoms with E-state index >= 15 is 0 Å². The molecular weight excluding hydrogens is 484 g/mol. The lowest BCUT2D eigenvalue weighted by molar-refractivity contribution is -0.144. The molecule has 0 spiro atoms. The average Bonchev–Trinajstić information content (AvgIpc) is 3.33. The minimum absolute atomic E-state index is 0.102. The largest absolute Gasteiger partial charge is 0.480 e. The number of hydrogen-bond donors (Lipinski definition) is 1. The summed E-state index contributed by atoms with van der Waals surface area (Å²) in [7, 11) is 0. The van der Waals surface area contributed by atoms with Crippen molar-refractivity contribution in [1.29, 1.82) is 0 Å². The smallest absolute Gasteiger partial charge is 0.323 e. The molecule has 1 heterocycles. The Morgan fingerprint density at radius 1 is 0.892 bits per heavy atom. The molecule has 1 fully saturated rings. The predicted octanol–water partition coefficient (Wildman–Crippen LogP) is 6.39. The maximum absolute atomic E-state index is 13.6. The maximum Gasteiger partial charge on any atom is 0.323 e. The van der Waals surface area contributed by atoms with Gasteiger partial charge in [0.15, 0.2) is 0 Å². The van der Waals surface area contributed by atoms with E-state index < -0.39 is 5.97 Å². The second-order valence-electron chi connectivity index (χ2n) is 9.72. The monoisotopic (exact) mass is 524 g/mol. The first-order chi connectivity index (χ1) is 18.0. The van der Waals surface area contributed by atoms with Crippen molar-refractivity contribution in [3.8, 4) is 0 Å². The normalized spacial score (nSPS) is 17.1. The summed E-state index contributed by atoms with van der Waals surface area (Å²) in [6.45, 7) is 2.08. The number of amides is 2. The number of carboxylic acids is 1. The number of aliphatic carboxylic acids is 1. The zero-order valence-electron chi connectivity index (χ0n) is 21.9. The molecule has 2 aromatic carbocycles. The molecule has 0 saturated carbocycles. The minimum Gasteiger partial charge on any atom is -0.480 e. The molecule has 1 N–H and O–H groups in total. The van der Waals surface area contributed by atoms with Crippen LogP contribution in [0.2, 0.25) is 0 Å². The Labute approximate surface area is 225 Å². The Balaban J connectivity index is 1.67. The first-order valence-corrected chi connectivity index (χ1v) is 14.6. The van der Waals surface area contributed by atoms with Crippen LogP contribution >= 0.6 is 11.8 Å². The summed E-state index contributed by atoms with van der Waals surface area (Å²) in [4.78, 5) is 41.6. The standard InChI is InChI=1S/C30H40N2O4S/c1-2-3-4-5-6-7-8-15-20-27(33)31(22-28(34)35)21-26-23-37-30(25-18-13-10-14-19-25)32(26)29(36)24-16-11-9-12-17-24/h9-14,16-19,26,30H,2-8,15,20-23H2,1H3,(H,34,35)/t26-,30?/m1/s1. The van der Waals surface area contributed by atoms with Gasteiger partial charge in [0, 0.05) is 24.3 Å². The van der Waals surface area contributed by atoms with E-state index in [-0.39, 0.29) is 36.3 Å². The van der Waals surface area contributed by atoms with Gasteiger partial charge in [0.05, 0.1) is 6.04 Å². The molecule has 0 aromatic heterocycles. The second-order valence-corrected chi connectivity index (χ2v) is 10.8.